The van der Waals surface area contributed by atoms with Crippen LogP contribution in [0.4, 0.5) is 0 Å². The SMILES string of the molecule is O.O=C1O[C@@H]([C@H](O)C(=O)O)[C@@H](O)[C@@H]1O. The van der Waals surface area contributed by atoms with Crippen molar-refractivity contribution in [2.24, 2.45) is 0 Å². The Morgan fingerprint density at radius 1 is 1.43 bits per heavy atom. The predicted molar refractivity (Wildman–Crippen MR) is 39.2 cm³/mol. The Kier molecular flexibility index (Phi) is 3.95. The molecule has 1 saturated heterocycles. The van der Waals surface area contributed by atoms with Crippen molar-refractivity contribution in [2.45, 2.75) is 24.4 Å². The van der Waals surface area contributed by atoms with Gasteiger partial charge in [-0.2, -0.15) is 0 Å². The van der Waals surface area contributed by atoms with Crippen molar-refractivity contribution < 1.29 is 40.2 Å². The van der Waals surface area contributed by atoms with Crippen molar-refractivity contribution in [3.8, 4) is 0 Å². The molecule has 6 N–H and O–H groups in total. The third-order valence-electron chi connectivity index (χ3n) is 1.72. The van der Waals surface area contributed by atoms with Crippen LogP contribution in [0.5, 0.6) is 0 Å². The summed E-state index contributed by atoms with van der Waals surface area (Å²) in [6, 6.07) is 0. The van der Waals surface area contributed by atoms with Gasteiger partial charge < -0.3 is 30.6 Å². The van der Waals surface area contributed by atoms with Crippen molar-refractivity contribution in [3.05, 3.63) is 0 Å². The molecule has 0 aromatic rings. The van der Waals surface area contributed by atoms with E-state index >= 15 is 0 Å². The predicted octanol–water partition coefficient (Wildman–Crippen LogP) is -3.75. The fourth-order valence-electron chi connectivity index (χ4n) is 0.984. The first kappa shape index (κ1) is 12.8. The summed E-state index contributed by atoms with van der Waals surface area (Å²) in [6.07, 6.45) is -7.14. The third kappa shape index (κ3) is 1.99. The molecule has 0 saturated carbocycles. The maximum Gasteiger partial charge on any atom is 0.338 e. The van der Waals surface area contributed by atoms with Gasteiger partial charge >= 0.3 is 11.9 Å². The maximum absolute atomic E-state index is 10.6. The van der Waals surface area contributed by atoms with Gasteiger partial charge in [0.1, 0.15) is 6.10 Å². The Bertz CT molecular complexity index is 238. The van der Waals surface area contributed by atoms with Gasteiger partial charge in [0.15, 0.2) is 18.3 Å². The van der Waals surface area contributed by atoms with Gasteiger partial charge in [-0.1, -0.05) is 0 Å². The second-order valence-corrected chi connectivity index (χ2v) is 2.62. The molecule has 1 aliphatic rings. The summed E-state index contributed by atoms with van der Waals surface area (Å²) in [4.78, 5) is 20.8. The number of carboxylic acid groups (broad SMARTS) is 1. The zero-order valence-corrected chi connectivity index (χ0v) is 6.82. The largest absolute Gasteiger partial charge is 0.479 e. The normalized spacial score (nSPS) is 33.1. The van der Waals surface area contributed by atoms with Crippen molar-refractivity contribution in [2.75, 3.05) is 0 Å². The van der Waals surface area contributed by atoms with Crippen LogP contribution in [-0.4, -0.2) is 62.3 Å². The Morgan fingerprint density at radius 3 is 2.21 bits per heavy atom. The molecular weight excluding hydrogens is 200 g/mol. The Labute approximate surface area is 77.7 Å². The van der Waals surface area contributed by atoms with E-state index in [-0.39, 0.29) is 5.48 Å². The Morgan fingerprint density at radius 2 is 1.93 bits per heavy atom. The summed E-state index contributed by atoms with van der Waals surface area (Å²) in [7, 11) is 0. The molecular formula is C6H10O8. The molecule has 0 spiro atoms. The fourth-order valence-corrected chi connectivity index (χ4v) is 0.984. The molecule has 82 valence electrons. The van der Waals surface area contributed by atoms with E-state index in [1.165, 1.54) is 0 Å². The van der Waals surface area contributed by atoms with E-state index in [0.717, 1.165) is 0 Å². The quantitative estimate of drug-likeness (QED) is 0.341. The minimum absolute atomic E-state index is 0. The summed E-state index contributed by atoms with van der Waals surface area (Å²) < 4.78 is 4.24. The lowest BCUT2D eigenvalue weighted by Gasteiger charge is -2.15. The minimum Gasteiger partial charge on any atom is -0.479 e. The number of carbonyl (C=O) groups excluding carboxylic acids is 1. The summed E-state index contributed by atoms with van der Waals surface area (Å²) >= 11 is 0. The standard InChI is InChI=1S/C6H8O7.H2O/c7-1-2(8)6(12)13-4(1)3(9)5(10)11;/h1-4,7-9H,(H,10,11);1H2/t1-,2-,3-,4+;/m0./s1. The first-order chi connectivity index (χ1) is 5.95. The fraction of sp³-hybridized carbons (Fsp3) is 0.667. The van der Waals surface area contributed by atoms with Gasteiger partial charge in [-0.05, 0) is 0 Å². The molecule has 0 radical (unpaired) electrons. The topological polar surface area (TPSA) is 156 Å². The number of rotatable bonds is 2. The van der Waals surface area contributed by atoms with Gasteiger partial charge in [0.2, 0.25) is 0 Å². The number of ether oxygens (including phenoxy) is 1. The second-order valence-electron chi connectivity index (χ2n) is 2.62. The molecule has 8 heteroatoms. The van der Waals surface area contributed by atoms with Crippen LogP contribution < -0.4 is 0 Å². The van der Waals surface area contributed by atoms with Crippen LogP contribution in [0.2, 0.25) is 0 Å². The second kappa shape index (κ2) is 4.33. The molecule has 1 fully saturated rings. The summed E-state index contributed by atoms with van der Waals surface area (Å²) in [5.41, 5.74) is 0. The highest BCUT2D eigenvalue weighted by Crippen LogP contribution is 2.18. The Balaban J connectivity index is 0.00000169. The lowest BCUT2D eigenvalue weighted by Crippen LogP contribution is -2.42. The van der Waals surface area contributed by atoms with Gasteiger partial charge in [-0.3, -0.25) is 0 Å². The van der Waals surface area contributed by atoms with E-state index in [2.05, 4.69) is 4.74 Å². The number of aliphatic hydroxyl groups excluding tert-OH is 3. The summed E-state index contributed by atoms with van der Waals surface area (Å²) in [6.45, 7) is 0. The van der Waals surface area contributed by atoms with E-state index in [1.807, 2.05) is 0 Å². The van der Waals surface area contributed by atoms with Gasteiger partial charge in [0.05, 0.1) is 0 Å². The van der Waals surface area contributed by atoms with Crippen LogP contribution in [0.3, 0.4) is 0 Å². The van der Waals surface area contributed by atoms with Crippen LogP contribution in [0.15, 0.2) is 0 Å². The zero-order chi connectivity index (χ0) is 10.2. The van der Waals surface area contributed by atoms with Crippen LogP contribution >= 0.6 is 0 Å². The minimum atomic E-state index is -2.03. The lowest BCUT2D eigenvalue weighted by atomic mass is 10.1. The highest BCUT2D eigenvalue weighted by atomic mass is 16.6. The molecule has 0 aromatic carbocycles. The number of esters is 1. The average Bonchev–Trinajstić information content (AvgIpc) is 2.31. The van der Waals surface area contributed by atoms with Gasteiger partial charge in [-0.25, -0.2) is 9.59 Å². The van der Waals surface area contributed by atoms with Crippen molar-refractivity contribution >= 4 is 11.9 Å². The van der Waals surface area contributed by atoms with E-state index in [1.54, 1.807) is 0 Å². The number of cyclic esters (lactones) is 1. The smallest absolute Gasteiger partial charge is 0.338 e. The van der Waals surface area contributed by atoms with Crippen LogP contribution in [0.25, 0.3) is 0 Å². The van der Waals surface area contributed by atoms with E-state index in [0.29, 0.717) is 0 Å². The van der Waals surface area contributed by atoms with Crippen molar-refractivity contribution in [1.82, 2.24) is 0 Å². The highest BCUT2D eigenvalue weighted by molar-refractivity contribution is 5.80. The molecule has 1 heterocycles. The van der Waals surface area contributed by atoms with E-state index in [9.17, 15) is 9.59 Å². The van der Waals surface area contributed by atoms with Crippen LogP contribution in [0.1, 0.15) is 0 Å². The monoisotopic (exact) mass is 210 g/mol. The number of hydrogen-bond acceptors (Lipinski definition) is 6. The molecule has 0 bridgehead atoms. The third-order valence-corrected chi connectivity index (χ3v) is 1.72. The van der Waals surface area contributed by atoms with Gasteiger partial charge in [0.25, 0.3) is 0 Å². The van der Waals surface area contributed by atoms with Gasteiger partial charge in [0, 0.05) is 0 Å². The van der Waals surface area contributed by atoms with Crippen molar-refractivity contribution in [1.29, 1.82) is 0 Å². The molecule has 0 aliphatic carbocycles. The molecule has 0 aromatic heterocycles. The highest BCUT2D eigenvalue weighted by Gasteiger charge is 2.48. The lowest BCUT2D eigenvalue weighted by molar-refractivity contribution is -0.161. The molecule has 0 unspecified atom stereocenters. The molecule has 14 heavy (non-hydrogen) atoms. The summed E-state index contributed by atoms with van der Waals surface area (Å²) in [5, 5.41) is 35.0. The molecule has 0 amide bonds. The molecule has 8 nitrogen and oxygen atoms in total. The Hall–Kier alpha value is -1.22. The van der Waals surface area contributed by atoms with E-state index < -0.39 is 36.4 Å². The van der Waals surface area contributed by atoms with Gasteiger partial charge in [-0.15, -0.1) is 0 Å². The number of hydrogen-bond donors (Lipinski definition) is 4. The number of aliphatic hydroxyl groups is 3. The van der Waals surface area contributed by atoms with E-state index in [4.69, 9.17) is 20.4 Å². The van der Waals surface area contributed by atoms with Crippen LogP contribution in [-0.2, 0) is 14.3 Å². The molecule has 1 aliphatic heterocycles. The zero-order valence-electron chi connectivity index (χ0n) is 6.82. The first-order valence-corrected chi connectivity index (χ1v) is 3.42. The number of carbonyl (C=O) groups is 2. The number of aliphatic carboxylic acids is 1. The number of carboxylic acids is 1. The molecule has 1 rings (SSSR count). The first-order valence-electron chi connectivity index (χ1n) is 3.42. The summed E-state index contributed by atoms with van der Waals surface area (Å²) in [5.74, 6) is -2.77. The van der Waals surface area contributed by atoms with Crippen molar-refractivity contribution in [3.63, 3.8) is 0 Å². The molecule has 4 atom stereocenters. The van der Waals surface area contributed by atoms with Crippen LogP contribution in [0, 0.1) is 0 Å². The maximum atomic E-state index is 10.6. The average molecular weight is 210 g/mol.